The zero-order valence-corrected chi connectivity index (χ0v) is 14.0. The predicted octanol–water partition coefficient (Wildman–Crippen LogP) is 0.613. The van der Waals surface area contributed by atoms with Crippen LogP contribution in [-0.4, -0.2) is 73.1 Å². The molecule has 0 spiro atoms. The summed E-state index contributed by atoms with van der Waals surface area (Å²) in [5.41, 5.74) is 0. The van der Waals surface area contributed by atoms with Gasteiger partial charge < -0.3 is 15.0 Å². The van der Waals surface area contributed by atoms with Crippen molar-refractivity contribution in [2.75, 3.05) is 33.3 Å². The molecular weight excluding hydrogens is 282 g/mol. The number of carbonyl (C=O) groups is 2. The lowest BCUT2D eigenvalue weighted by atomic mass is 10.1. The molecule has 0 bridgehead atoms. The van der Waals surface area contributed by atoms with Crippen molar-refractivity contribution in [3.63, 3.8) is 0 Å². The fraction of sp³-hybridized carbons (Fsp3) is 0.875. The van der Waals surface area contributed by atoms with Gasteiger partial charge in [0.05, 0.1) is 6.04 Å². The van der Waals surface area contributed by atoms with E-state index >= 15 is 0 Å². The van der Waals surface area contributed by atoms with Crippen molar-refractivity contribution in [1.29, 1.82) is 0 Å². The molecule has 1 N–H and O–H groups in total. The molecule has 2 atom stereocenters. The third-order valence-corrected chi connectivity index (χ3v) is 4.96. The maximum atomic E-state index is 12.3. The second-order valence-corrected chi connectivity index (χ2v) is 6.41. The molecule has 0 aromatic heterocycles. The van der Waals surface area contributed by atoms with E-state index < -0.39 is 6.10 Å². The second-order valence-electron chi connectivity index (χ2n) is 6.41. The molecule has 1 saturated heterocycles. The number of piperazine rings is 1. The minimum Gasteiger partial charge on any atom is -0.372 e. The van der Waals surface area contributed by atoms with Crippen LogP contribution in [0.1, 0.15) is 39.5 Å². The molecule has 1 saturated carbocycles. The molecule has 1 aliphatic heterocycles. The van der Waals surface area contributed by atoms with Crippen molar-refractivity contribution in [3.8, 4) is 0 Å². The maximum absolute atomic E-state index is 12.3. The topological polar surface area (TPSA) is 61.9 Å². The Labute approximate surface area is 133 Å². The van der Waals surface area contributed by atoms with Crippen molar-refractivity contribution in [2.45, 2.75) is 57.7 Å². The highest BCUT2D eigenvalue weighted by atomic mass is 16.5. The third kappa shape index (κ3) is 4.20. The van der Waals surface area contributed by atoms with Gasteiger partial charge in [-0.3, -0.25) is 14.5 Å². The van der Waals surface area contributed by atoms with E-state index in [1.165, 1.54) is 12.8 Å². The van der Waals surface area contributed by atoms with Crippen LogP contribution in [0.3, 0.4) is 0 Å². The van der Waals surface area contributed by atoms with E-state index in [-0.39, 0.29) is 17.9 Å². The average molecular weight is 311 g/mol. The maximum Gasteiger partial charge on any atom is 0.251 e. The summed E-state index contributed by atoms with van der Waals surface area (Å²) in [4.78, 5) is 28.4. The number of hydrogen-bond donors (Lipinski definition) is 1. The number of nitrogens with one attached hydrogen (secondary N) is 1. The van der Waals surface area contributed by atoms with Crippen molar-refractivity contribution < 1.29 is 14.3 Å². The Morgan fingerprint density at radius 2 is 1.68 bits per heavy atom. The van der Waals surface area contributed by atoms with Crippen LogP contribution >= 0.6 is 0 Å². The summed E-state index contributed by atoms with van der Waals surface area (Å²) in [5.74, 6) is 0.155. The molecule has 0 radical (unpaired) electrons. The van der Waals surface area contributed by atoms with Crippen LogP contribution in [0.2, 0.25) is 0 Å². The molecule has 0 aromatic carbocycles. The fourth-order valence-electron chi connectivity index (χ4n) is 3.25. The molecule has 126 valence electrons. The number of amides is 2. The zero-order valence-electron chi connectivity index (χ0n) is 14.0. The van der Waals surface area contributed by atoms with Gasteiger partial charge in [0.25, 0.3) is 5.91 Å². The Morgan fingerprint density at radius 3 is 2.23 bits per heavy atom. The minimum absolute atomic E-state index is 0.0326. The average Bonchev–Trinajstić information content (AvgIpc) is 3.05. The van der Waals surface area contributed by atoms with E-state index in [1.807, 2.05) is 11.8 Å². The van der Waals surface area contributed by atoms with Crippen LogP contribution in [0, 0.1) is 0 Å². The van der Waals surface area contributed by atoms with Crippen LogP contribution in [0.5, 0.6) is 0 Å². The summed E-state index contributed by atoms with van der Waals surface area (Å²) in [6, 6.07) is 0.234. The Morgan fingerprint density at radius 1 is 1.09 bits per heavy atom. The second kappa shape index (κ2) is 7.92. The number of carbonyl (C=O) groups excluding carboxylic acids is 2. The van der Waals surface area contributed by atoms with E-state index in [4.69, 9.17) is 4.74 Å². The van der Waals surface area contributed by atoms with Gasteiger partial charge in [0, 0.05) is 39.3 Å². The zero-order chi connectivity index (χ0) is 16.1. The van der Waals surface area contributed by atoms with E-state index in [0.717, 1.165) is 25.9 Å². The molecule has 2 unspecified atom stereocenters. The van der Waals surface area contributed by atoms with Gasteiger partial charge in [-0.2, -0.15) is 0 Å². The normalized spacial score (nSPS) is 23.3. The van der Waals surface area contributed by atoms with Gasteiger partial charge in [-0.05, 0) is 26.7 Å². The molecule has 2 amide bonds. The van der Waals surface area contributed by atoms with Gasteiger partial charge in [-0.25, -0.2) is 0 Å². The van der Waals surface area contributed by atoms with Crippen molar-refractivity contribution in [3.05, 3.63) is 0 Å². The highest BCUT2D eigenvalue weighted by Crippen LogP contribution is 2.18. The summed E-state index contributed by atoms with van der Waals surface area (Å²) in [6.07, 6.45) is 4.26. The quantitative estimate of drug-likeness (QED) is 0.808. The van der Waals surface area contributed by atoms with Crippen LogP contribution in [-0.2, 0) is 14.3 Å². The van der Waals surface area contributed by atoms with E-state index in [0.29, 0.717) is 19.1 Å². The Bertz CT molecular complexity index is 388. The molecule has 6 heteroatoms. The monoisotopic (exact) mass is 311 g/mol. The predicted molar refractivity (Wildman–Crippen MR) is 84.5 cm³/mol. The molecule has 2 aliphatic rings. The summed E-state index contributed by atoms with van der Waals surface area (Å²) in [5, 5.41) is 3.16. The van der Waals surface area contributed by atoms with Gasteiger partial charge in [0.15, 0.2) is 0 Å². The summed E-state index contributed by atoms with van der Waals surface area (Å²) >= 11 is 0. The van der Waals surface area contributed by atoms with Crippen LogP contribution in [0.4, 0.5) is 0 Å². The Hall–Kier alpha value is -1.14. The third-order valence-electron chi connectivity index (χ3n) is 4.96. The minimum atomic E-state index is -0.394. The highest BCUT2D eigenvalue weighted by molar-refractivity contribution is 5.82. The van der Waals surface area contributed by atoms with E-state index in [2.05, 4.69) is 10.2 Å². The number of methoxy groups -OCH3 is 1. The van der Waals surface area contributed by atoms with Crippen molar-refractivity contribution >= 4 is 11.8 Å². The number of rotatable bonds is 5. The van der Waals surface area contributed by atoms with E-state index in [9.17, 15) is 9.59 Å². The lowest BCUT2D eigenvalue weighted by molar-refractivity contribution is -0.143. The molecule has 2 fully saturated rings. The Kier molecular flexibility index (Phi) is 6.20. The molecule has 2 rings (SSSR count). The molecule has 1 heterocycles. The smallest absolute Gasteiger partial charge is 0.251 e. The van der Waals surface area contributed by atoms with Gasteiger partial charge in [-0.1, -0.05) is 12.8 Å². The lowest BCUT2D eigenvalue weighted by Gasteiger charge is -2.38. The molecule has 6 nitrogen and oxygen atoms in total. The Balaban J connectivity index is 1.77. The first kappa shape index (κ1) is 17.2. The summed E-state index contributed by atoms with van der Waals surface area (Å²) in [7, 11) is 1.55. The summed E-state index contributed by atoms with van der Waals surface area (Å²) < 4.78 is 5.08. The first-order chi connectivity index (χ1) is 10.5. The van der Waals surface area contributed by atoms with Gasteiger partial charge >= 0.3 is 0 Å². The number of ether oxygens (including phenoxy) is 1. The van der Waals surface area contributed by atoms with E-state index in [1.54, 1.807) is 14.0 Å². The number of hydrogen-bond acceptors (Lipinski definition) is 4. The first-order valence-electron chi connectivity index (χ1n) is 8.39. The fourth-order valence-corrected chi connectivity index (χ4v) is 3.25. The lowest BCUT2D eigenvalue weighted by Crippen LogP contribution is -2.56. The van der Waals surface area contributed by atoms with Crippen LogP contribution < -0.4 is 5.32 Å². The number of nitrogens with zero attached hydrogens (tertiary/aromatic N) is 2. The van der Waals surface area contributed by atoms with Crippen LogP contribution in [0.15, 0.2) is 0 Å². The van der Waals surface area contributed by atoms with Gasteiger partial charge in [-0.15, -0.1) is 0 Å². The molecule has 22 heavy (non-hydrogen) atoms. The standard InChI is InChI=1S/C16H29N3O3/c1-12(15(20)17-14-6-4-5-7-14)18-8-10-19(11-9-18)16(21)13(2)22-3/h12-14H,4-11H2,1-3H3,(H,17,20). The van der Waals surface area contributed by atoms with Crippen molar-refractivity contribution in [2.24, 2.45) is 0 Å². The molecular formula is C16H29N3O3. The summed E-state index contributed by atoms with van der Waals surface area (Å²) in [6.45, 7) is 6.52. The first-order valence-corrected chi connectivity index (χ1v) is 8.39. The largest absolute Gasteiger partial charge is 0.372 e. The van der Waals surface area contributed by atoms with Crippen molar-refractivity contribution in [1.82, 2.24) is 15.1 Å². The van der Waals surface area contributed by atoms with Gasteiger partial charge in [0.2, 0.25) is 5.91 Å². The molecule has 1 aliphatic carbocycles. The molecule has 0 aromatic rings. The van der Waals surface area contributed by atoms with Gasteiger partial charge in [0.1, 0.15) is 6.10 Å². The highest BCUT2D eigenvalue weighted by Gasteiger charge is 2.30. The van der Waals surface area contributed by atoms with Crippen LogP contribution in [0.25, 0.3) is 0 Å². The SMILES string of the molecule is COC(C)C(=O)N1CCN(C(C)C(=O)NC2CCCC2)CC1.